The summed E-state index contributed by atoms with van der Waals surface area (Å²) in [7, 11) is 3.37. The number of anilines is 1. The maximum atomic E-state index is 8.29. The Balaban J connectivity index is 0.000000258. The van der Waals surface area contributed by atoms with Crippen LogP contribution in [0.2, 0.25) is 0 Å². The van der Waals surface area contributed by atoms with Gasteiger partial charge in [-0.3, -0.25) is 0 Å². The van der Waals surface area contributed by atoms with Crippen LogP contribution in [-0.2, 0) is 0 Å². The van der Waals surface area contributed by atoms with Crippen molar-refractivity contribution in [2.24, 2.45) is 0 Å². The fourth-order valence-electron chi connectivity index (χ4n) is 1.94. The van der Waals surface area contributed by atoms with Crippen molar-refractivity contribution in [3.05, 3.63) is 35.9 Å². The lowest BCUT2D eigenvalue weighted by molar-refractivity contribution is 0.442. The normalized spacial score (nSPS) is 15.1. The van der Waals surface area contributed by atoms with E-state index in [1.54, 1.807) is 14.1 Å². The summed E-state index contributed by atoms with van der Waals surface area (Å²) in [6.45, 7) is 6.54. The minimum atomic E-state index is -0.0741. The van der Waals surface area contributed by atoms with Crippen molar-refractivity contribution in [3.63, 3.8) is 0 Å². The predicted molar refractivity (Wildman–Crippen MR) is 86.7 cm³/mol. The Hall–Kier alpha value is -1.55. The van der Waals surface area contributed by atoms with E-state index in [0.717, 1.165) is 0 Å². The molecule has 0 radical (unpaired) electrons. The molecule has 1 heterocycles. The van der Waals surface area contributed by atoms with Crippen LogP contribution in [0.5, 0.6) is 0 Å². The molecule has 0 unspecified atom stereocenters. The van der Waals surface area contributed by atoms with Gasteiger partial charge in [-0.05, 0) is 44.6 Å². The van der Waals surface area contributed by atoms with Gasteiger partial charge in [0.05, 0.1) is 5.54 Å². The lowest BCUT2D eigenvalue weighted by Crippen LogP contribution is -2.31. The number of thiocarbonyl (C=S) groups is 1. The molecule has 4 heteroatoms. The number of hydrogen-bond donors (Lipinski definition) is 2. The fourth-order valence-corrected chi connectivity index (χ4v) is 1.94. The van der Waals surface area contributed by atoms with Crippen molar-refractivity contribution in [2.45, 2.75) is 26.3 Å². The van der Waals surface area contributed by atoms with Crippen LogP contribution in [0.1, 0.15) is 26.3 Å². The molecule has 0 amide bonds. The summed E-state index contributed by atoms with van der Waals surface area (Å²) in [5.41, 5.74) is 4.01. The van der Waals surface area contributed by atoms with E-state index >= 15 is 0 Å². The molecule has 0 aromatic heterocycles. The molecule has 0 aliphatic carbocycles. The topological polar surface area (TPSA) is 35.5 Å². The third kappa shape index (κ3) is 4.56. The Bertz CT molecular complexity index is 493. The highest BCUT2D eigenvalue weighted by molar-refractivity contribution is 7.79. The van der Waals surface area contributed by atoms with Crippen LogP contribution in [-0.4, -0.2) is 34.8 Å². The van der Waals surface area contributed by atoms with Gasteiger partial charge < -0.3 is 15.3 Å². The first kappa shape index (κ1) is 15.5. The van der Waals surface area contributed by atoms with Gasteiger partial charge in [0, 0.05) is 25.3 Å². The van der Waals surface area contributed by atoms with E-state index in [0.29, 0.717) is 0 Å². The number of hydrogen-bond acceptors (Lipinski definition) is 2. The number of fused-ring (bicyclic) bond motifs is 1. The first-order valence-electron chi connectivity index (χ1n) is 6.20. The smallest absolute Gasteiger partial charge is 0.256 e. The largest absolute Gasteiger partial charge is 0.487 e. The van der Waals surface area contributed by atoms with E-state index in [4.69, 9.17) is 5.11 Å². The van der Waals surface area contributed by atoms with E-state index < -0.39 is 0 Å². The SMILES string of the molecule is CC1=CC(C)(C)Nc2ccccc21.CN(C)C(O)=S. The highest BCUT2D eigenvalue weighted by Crippen LogP contribution is 2.32. The highest BCUT2D eigenvalue weighted by atomic mass is 32.1. The Morgan fingerprint density at radius 1 is 1.26 bits per heavy atom. The van der Waals surface area contributed by atoms with E-state index in [-0.39, 0.29) is 10.7 Å². The molecule has 0 fully saturated rings. The molecule has 19 heavy (non-hydrogen) atoms. The van der Waals surface area contributed by atoms with Crippen LogP contribution >= 0.6 is 12.2 Å². The quantitative estimate of drug-likeness (QED) is 0.710. The Morgan fingerprint density at radius 2 is 1.79 bits per heavy atom. The molecule has 0 bridgehead atoms. The zero-order valence-corrected chi connectivity index (χ0v) is 13.0. The third-order valence-electron chi connectivity index (χ3n) is 2.77. The molecule has 2 rings (SSSR count). The number of para-hydroxylation sites is 1. The van der Waals surface area contributed by atoms with Gasteiger partial charge >= 0.3 is 0 Å². The fraction of sp³-hybridized carbons (Fsp3) is 0.400. The van der Waals surface area contributed by atoms with E-state index in [2.05, 4.69) is 68.6 Å². The van der Waals surface area contributed by atoms with Gasteiger partial charge in [-0.15, -0.1) is 0 Å². The number of nitrogens with one attached hydrogen (secondary N) is 1. The molecule has 0 spiro atoms. The van der Waals surface area contributed by atoms with Gasteiger partial charge in [0.2, 0.25) is 0 Å². The molecular formula is C15H22N2OS. The van der Waals surface area contributed by atoms with Crippen LogP contribution in [0.15, 0.2) is 30.3 Å². The first-order valence-corrected chi connectivity index (χ1v) is 6.61. The van der Waals surface area contributed by atoms with Crippen LogP contribution in [0.25, 0.3) is 5.57 Å². The predicted octanol–water partition coefficient (Wildman–Crippen LogP) is 3.68. The summed E-state index contributed by atoms with van der Waals surface area (Å²) in [5.74, 6) is 0. The van der Waals surface area contributed by atoms with Crippen molar-refractivity contribution in [3.8, 4) is 0 Å². The highest BCUT2D eigenvalue weighted by Gasteiger charge is 2.21. The third-order valence-corrected chi connectivity index (χ3v) is 3.13. The van der Waals surface area contributed by atoms with Gasteiger partial charge in [0.25, 0.3) is 5.17 Å². The minimum absolute atomic E-state index is 0.0741. The van der Waals surface area contributed by atoms with Gasteiger partial charge in [0.15, 0.2) is 0 Å². The van der Waals surface area contributed by atoms with Crippen LogP contribution < -0.4 is 5.32 Å². The van der Waals surface area contributed by atoms with E-state index in [1.807, 2.05) is 0 Å². The first-order chi connectivity index (χ1) is 8.73. The molecule has 2 N–H and O–H groups in total. The number of nitrogens with zero attached hydrogens (tertiary/aromatic N) is 1. The number of allylic oxidation sites excluding steroid dienone is 1. The monoisotopic (exact) mass is 278 g/mol. The van der Waals surface area contributed by atoms with Gasteiger partial charge in [-0.1, -0.05) is 24.3 Å². The summed E-state index contributed by atoms with van der Waals surface area (Å²) < 4.78 is 0. The maximum absolute atomic E-state index is 8.29. The molecule has 0 saturated heterocycles. The molecule has 0 atom stereocenters. The summed E-state index contributed by atoms with van der Waals surface area (Å²) in [6, 6.07) is 8.44. The summed E-state index contributed by atoms with van der Waals surface area (Å²) in [4.78, 5) is 1.45. The average molecular weight is 278 g/mol. The van der Waals surface area contributed by atoms with Gasteiger partial charge in [0.1, 0.15) is 0 Å². The molecule has 1 aromatic rings. The maximum Gasteiger partial charge on any atom is 0.256 e. The van der Waals surface area contributed by atoms with Crippen molar-refractivity contribution in [1.82, 2.24) is 4.90 Å². The van der Waals surface area contributed by atoms with Crippen molar-refractivity contribution >= 4 is 28.7 Å². The van der Waals surface area contributed by atoms with Gasteiger partial charge in [-0.2, -0.15) is 0 Å². The molecule has 1 aliphatic rings. The lowest BCUT2D eigenvalue weighted by Gasteiger charge is -2.31. The Kier molecular flexibility index (Phi) is 4.95. The molecule has 3 nitrogen and oxygen atoms in total. The number of benzene rings is 1. The molecule has 0 saturated carbocycles. The standard InChI is InChI=1S/C12H15N.C3H7NOS/c1-9-8-12(2,3)13-11-7-5-4-6-10(9)11;1-4(2)3(5)6/h4-8,13H,1-3H3;1-2H3,(H,5,6). The van der Waals surface area contributed by atoms with Crippen LogP contribution in [0.4, 0.5) is 5.69 Å². The molecule has 1 aromatic carbocycles. The van der Waals surface area contributed by atoms with Crippen LogP contribution in [0.3, 0.4) is 0 Å². The second-order valence-electron chi connectivity index (χ2n) is 5.40. The van der Waals surface area contributed by atoms with Crippen molar-refractivity contribution in [1.29, 1.82) is 0 Å². The van der Waals surface area contributed by atoms with Crippen molar-refractivity contribution in [2.75, 3.05) is 19.4 Å². The zero-order chi connectivity index (χ0) is 14.6. The zero-order valence-electron chi connectivity index (χ0n) is 12.2. The minimum Gasteiger partial charge on any atom is -0.487 e. The van der Waals surface area contributed by atoms with E-state index in [9.17, 15) is 0 Å². The second kappa shape index (κ2) is 6.06. The van der Waals surface area contributed by atoms with Crippen LogP contribution in [0, 0.1) is 0 Å². The summed E-state index contributed by atoms with van der Waals surface area (Å²) in [5, 5.41) is 11.7. The summed E-state index contributed by atoms with van der Waals surface area (Å²) in [6.07, 6.45) is 2.27. The lowest BCUT2D eigenvalue weighted by atomic mass is 9.91. The number of aliphatic hydroxyl groups is 1. The summed E-state index contributed by atoms with van der Waals surface area (Å²) >= 11 is 4.30. The molecule has 104 valence electrons. The number of aliphatic hydroxyl groups excluding tert-OH is 1. The van der Waals surface area contributed by atoms with Gasteiger partial charge in [-0.25, -0.2) is 0 Å². The van der Waals surface area contributed by atoms with Crippen molar-refractivity contribution < 1.29 is 5.11 Å². The molecule has 1 aliphatic heterocycles. The number of rotatable bonds is 0. The Labute approximate surface area is 120 Å². The second-order valence-corrected chi connectivity index (χ2v) is 5.76. The average Bonchev–Trinajstić information content (AvgIpc) is 2.28. The van der Waals surface area contributed by atoms with E-state index in [1.165, 1.54) is 21.7 Å². The molecular weight excluding hydrogens is 256 g/mol. The Morgan fingerprint density at radius 3 is 2.32 bits per heavy atom.